The molecule has 0 bridgehead atoms. The third-order valence-electron chi connectivity index (χ3n) is 12.1. The first-order valence-electron chi connectivity index (χ1n) is 21.5. The number of aryl methyl sites for hydroxylation is 2. The van der Waals surface area contributed by atoms with Crippen LogP contribution < -0.4 is 16.2 Å². The summed E-state index contributed by atoms with van der Waals surface area (Å²) in [5.41, 5.74) is 7.76. The summed E-state index contributed by atoms with van der Waals surface area (Å²) in [6.07, 6.45) is 7.10. The van der Waals surface area contributed by atoms with Crippen molar-refractivity contribution in [1.29, 1.82) is 0 Å². The van der Waals surface area contributed by atoms with Crippen LogP contribution >= 0.6 is 15.9 Å². The van der Waals surface area contributed by atoms with Gasteiger partial charge < -0.3 is 29.7 Å². The van der Waals surface area contributed by atoms with Crippen molar-refractivity contribution in [2.45, 2.75) is 91.8 Å². The van der Waals surface area contributed by atoms with E-state index in [9.17, 15) is 9.59 Å². The normalized spacial score (nSPS) is 16.6. The second-order valence-corrected chi connectivity index (χ2v) is 18.0. The summed E-state index contributed by atoms with van der Waals surface area (Å²) < 4.78 is 16.0. The summed E-state index contributed by atoms with van der Waals surface area (Å²) in [6.45, 7) is 18.9. The number of carbonyl (C=O) groups is 2. The summed E-state index contributed by atoms with van der Waals surface area (Å²) in [7, 11) is 3.26. The molecule has 18 heteroatoms. The van der Waals surface area contributed by atoms with E-state index in [0.29, 0.717) is 19.6 Å². The number of nitrogens with zero attached hydrogens (tertiary/aromatic N) is 10. The van der Waals surface area contributed by atoms with Crippen LogP contribution in [0.4, 0.5) is 11.6 Å². The first kappa shape index (κ1) is 46.0. The first-order valence-corrected chi connectivity index (χ1v) is 22.3. The Morgan fingerprint density at radius 3 is 1.56 bits per heavy atom. The number of fused-ring (bicyclic) bond motifs is 2. The molecule has 0 unspecified atom stereocenters. The Bertz CT molecular complexity index is 2580. The molecule has 1 saturated heterocycles. The molecule has 6 aromatic rings. The maximum absolute atomic E-state index is 12.4. The highest BCUT2D eigenvalue weighted by atomic mass is 79.9. The molecule has 3 aliphatic rings. The number of rotatable bonds is 10. The van der Waals surface area contributed by atoms with Gasteiger partial charge in [-0.15, -0.1) is 10.2 Å². The number of anilines is 2. The number of benzene rings is 2. The molecular formula is C46H56BBrN12O4. The third kappa shape index (κ3) is 9.88. The molecule has 2 amide bonds. The number of hydrogen-bond donors (Lipinski definition) is 2. The Labute approximate surface area is 383 Å². The van der Waals surface area contributed by atoms with Crippen LogP contribution in [-0.4, -0.2) is 93.0 Å². The largest absolute Gasteiger partial charge is 0.518 e. The molecule has 0 aliphatic carbocycles. The van der Waals surface area contributed by atoms with E-state index < -0.39 is 7.12 Å². The lowest BCUT2D eigenvalue weighted by molar-refractivity contribution is 0.00578. The van der Waals surface area contributed by atoms with Crippen LogP contribution in [0, 0.1) is 0 Å². The van der Waals surface area contributed by atoms with Gasteiger partial charge in [-0.2, -0.15) is 0 Å². The summed E-state index contributed by atoms with van der Waals surface area (Å²) in [5.74, 6) is 1.76. The zero-order chi connectivity index (χ0) is 45.9. The lowest BCUT2D eigenvalue weighted by Crippen LogP contribution is -2.41. The molecule has 334 valence electrons. The topological polar surface area (TPSA) is 170 Å². The van der Waals surface area contributed by atoms with E-state index >= 15 is 0 Å². The summed E-state index contributed by atoms with van der Waals surface area (Å²) in [4.78, 5) is 37.2. The number of hydrogen-bond acceptors (Lipinski definition) is 12. The number of carbonyl (C=O) groups excluding carboxylic acids is 2. The zero-order valence-electron chi connectivity index (χ0n) is 38.1. The zero-order valence-corrected chi connectivity index (χ0v) is 39.7. The molecule has 2 N–H and O–H groups in total. The summed E-state index contributed by atoms with van der Waals surface area (Å²) >= 11 is 3.45. The van der Waals surface area contributed by atoms with Crippen molar-refractivity contribution in [1.82, 2.24) is 49.8 Å². The van der Waals surface area contributed by atoms with E-state index in [1.165, 1.54) is 5.56 Å². The van der Waals surface area contributed by atoms with Crippen LogP contribution in [0.2, 0.25) is 0 Å². The van der Waals surface area contributed by atoms with Gasteiger partial charge in [0.05, 0.1) is 30.5 Å². The molecule has 16 nitrogen and oxygen atoms in total. The van der Waals surface area contributed by atoms with Gasteiger partial charge in [0.15, 0.2) is 0 Å². The quantitative estimate of drug-likeness (QED) is 0.134. The maximum Gasteiger partial charge on any atom is 0.518 e. The molecule has 2 atom stereocenters. The van der Waals surface area contributed by atoms with E-state index in [0.717, 1.165) is 67.3 Å². The molecular weight excluding hydrogens is 875 g/mol. The molecule has 0 radical (unpaired) electrons. The van der Waals surface area contributed by atoms with E-state index in [4.69, 9.17) is 9.31 Å². The lowest BCUT2D eigenvalue weighted by Gasteiger charge is -2.32. The van der Waals surface area contributed by atoms with Crippen LogP contribution in [0.3, 0.4) is 0 Å². The van der Waals surface area contributed by atoms with Gasteiger partial charge in [0.25, 0.3) is 11.8 Å². The Hall–Kier alpha value is -5.98. The SMILES string of the molecule is CCN1Cc2c(ccnc2N[C@@H](C)c2ccc(-c3cn(C)nn3)cc2)C1=O.CCN1Cc2c(ccnc2N[C@@H](C)c2ccc(Br)cc2)C1=O.Cn1cc(B2OC(C)(C)C(C)(C)O2)nn1. The molecule has 1 fully saturated rings. The summed E-state index contributed by atoms with van der Waals surface area (Å²) in [6, 6.07) is 20.2. The fourth-order valence-corrected chi connectivity index (χ4v) is 7.78. The number of halogens is 1. The molecule has 0 saturated carbocycles. The maximum atomic E-state index is 12.4. The Balaban J connectivity index is 0.000000150. The van der Waals surface area contributed by atoms with Crippen molar-refractivity contribution < 1.29 is 18.9 Å². The van der Waals surface area contributed by atoms with Crippen LogP contribution in [0.5, 0.6) is 0 Å². The van der Waals surface area contributed by atoms with E-state index in [2.05, 4.69) is 95.3 Å². The number of amides is 2. The number of aromatic nitrogens is 8. The highest BCUT2D eigenvalue weighted by molar-refractivity contribution is 9.10. The van der Waals surface area contributed by atoms with E-state index in [1.54, 1.807) is 27.8 Å². The van der Waals surface area contributed by atoms with Gasteiger partial charge >= 0.3 is 7.12 Å². The van der Waals surface area contributed by atoms with Crippen LogP contribution in [-0.2, 0) is 36.5 Å². The van der Waals surface area contributed by atoms with Gasteiger partial charge in [-0.25, -0.2) is 9.97 Å². The van der Waals surface area contributed by atoms with Gasteiger partial charge in [-0.05, 0) is 90.8 Å². The van der Waals surface area contributed by atoms with Crippen molar-refractivity contribution in [3.05, 3.63) is 123 Å². The van der Waals surface area contributed by atoms with Gasteiger partial charge in [0.2, 0.25) is 0 Å². The van der Waals surface area contributed by atoms with Crippen molar-refractivity contribution in [2.75, 3.05) is 23.7 Å². The minimum Gasteiger partial charge on any atom is -0.398 e. The highest BCUT2D eigenvalue weighted by Gasteiger charge is 2.52. The molecule has 4 aromatic heterocycles. The highest BCUT2D eigenvalue weighted by Crippen LogP contribution is 2.36. The fourth-order valence-electron chi connectivity index (χ4n) is 7.52. The number of pyridine rings is 2. The van der Waals surface area contributed by atoms with Crippen LogP contribution in [0.1, 0.15) is 110 Å². The van der Waals surface area contributed by atoms with Crippen molar-refractivity contribution in [3.63, 3.8) is 0 Å². The molecule has 64 heavy (non-hydrogen) atoms. The van der Waals surface area contributed by atoms with E-state index in [-0.39, 0.29) is 35.1 Å². The summed E-state index contributed by atoms with van der Waals surface area (Å²) in [5, 5.41) is 22.9. The lowest BCUT2D eigenvalue weighted by atomic mass is 9.86. The first-order chi connectivity index (χ1) is 30.5. The molecule has 7 heterocycles. The molecule has 3 aliphatic heterocycles. The predicted molar refractivity (Wildman–Crippen MR) is 251 cm³/mol. The molecule has 2 aromatic carbocycles. The Kier molecular flexibility index (Phi) is 13.7. The monoisotopic (exact) mass is 930 g/mol. The minimum atomic E-state index is -0.413. The van der Waals surface area contributed by atoms with Gasteiger partial charge in [-0.1, -0.05) is 62.8 Å². The third-order valence-corrected chi connectivity index (χ3v) is 12.6. The Morgan fingerprint density at radius 1 is 0.688 bits per heavy atom. The van der Waals surface area contributed by atoms with Gasteiger partial charge in [0.1, 0.15) is 22.9 Å². The molecule has 9 rings (SSSR count). The second-order valence-electron chi connectivity index (χ2n) is 17.1. The minimum absolute atomic E-state index is 0.0608. The average molecular weight is 932 g/mol. The van der Waals surface area contributed by atoms with Crippen molar-refractivity contribution in [2.24, 2.45) is 14.1 Å². The van der Waals surface area contributed by atoms with Crippen molar-refractivity contribution >= 4 is 52.1 Å². The van der Waals surface area contributed by atoms with E-state index in [1.807, 2.05) is 108 Å². The molecule has 0 spiro atoms. The van der Waals surface area contributed by atoms with Gasteiger partial charge in [-0.3, -0.25) is 19.0 Å². The average Bonchev–Trinajstić information content (AvgIpc) is 4.10. The van der Waals surface area contributed by atoms with Crippen LogP contribution in [0.25, 0.3) is 11.3 Å². The smallest absolute Gasteiger partial charge is 0.398 e. The standard InChI is InChI=1S/C20H22N6O.C17H18BrN3O.C9H16BN3O2/c1-4-26-11-17-16(20(26)27)9-10-21-19(17)22-13(2)14-5-7-15(8-6-14)18-12-25(3)24-23-18;1-3-21-10-15-14(17(21)22)8-9-19-16(15)20-11(2)12-4-6-13(18)7-5-12;1-8(2)9(3,4)15-10(14-8)7-6-13(5)12-11-7/h5-10,12-13H,4,11H2,1-3H3,(H,21,22);4-9,11H,3,10H2,1-2H3,(H,19,20);6H,1-5H3/t13-;11-;/m00./s1. The van der Waals surface area contributed by atoms with Crippen LogP contribution in [0.15, 0.2) is 89.9 Å². The second kappa shape index (κ2) is 19.0. The fraction of sp³-hybridized carbons (Fsp3) is 0.391. The number of nitrogens with one attached hydrogen (secondary N) is 2. The predicted octanol–water partition coefficient (Wildman–Crippen LogP) is 7.13. The van der Waals surface area contributed by atoms with Crippen molar-refractivity contribution in [3.8, 4) is 11.3 Å². The van der Waals surface area contributed by atoms with Gasteiger partial charge in [0, 0.05) is 90.1 Å². The Morgan fingerprint density at radius 2 is 1.14 bits per heavy atom.